The van der Waals surface area contributed by atoms with Gasteiger partial charge in [0.25, 0.3) is 0 Å². The molecule has 2 atom stereocenters. The van der Waals surface area contributed by atoms with Crippen molar-refractivity contribution in [3.8, 4) is 5.75 Å². The van der Waals surface area contributed by atoms with Crippen molar-refractivity contribution in [3.63, 3.8) is 0 Å². The third-order valence-corrected chi connectivity index (χ3v) is 3.22. The molecule has 2 unspecified atom stereocenters. The van der Waals surface area contributed by atoms with Gasteiger partial charge in [-0.3, -0.25) is 4.79 Å². The van der Waals surface area contributed by atoms with Crippen molar-refractivity contribution in [2.24, 2.45) is 11.7 Å². The molecule has 1 aromatic carbocycles. The van der Waals surface area contributed by atoms with Crippen LogP contribution in [0.15, 0.2) is 18.2 Å². The van der Waals surface area contributed by atoms with Crippen molar-refractivity contribution in [1.82, 2.24) is 0 Å². The van der Waals surface area contributed by atoms with Crippen molar-refractivity contribution < 1.29 is 9.53 Å². The Bertz CT molecular complexity index is 406. The first-order chi connectivity index (χ1) is 8.01. The number of carbonyl (C=O) groups excluding carboxylic acids is 1. The van der Waals surface area contributed by atoms with E-state index in [2.05, 4.69) is 0 Å². The van der Waals surface area contributed by atoms with E-state index >= 15 is 0 Å². The monoisotopic (exact) mass is 255 g/mol. The third kappa shape index (κ3) is 3.20. The molecule has 0 bridgehead atoms. The smallest absolute Gasteiger partial charge is 0.183 e. The number of ketones is 1. The summed E-state index contributed by atoms with van der Waals surface area (Å²) in [5.41, 5.74) is 6.38. The molecule has 17 heavy (non-hydrogen) atoms. The molecule has 94 valence electrons. The minimum Gasteiger partial charge on any atom is -0.496 e. The Balaban J connectivity index is 3.06. The zero-order valence-corrected chi connectivity index (χ0v) is 11.1. The van der Waals surface area contributed by atoms with Crippen LogP contribution in [0, 0.1) is 5.92 Å². The Kier molecular flexibility index (Phi) is 4.97. The number of benzene rings is 1. The highest BCUT2D eigenvalue weighted by Gasteiger charge is 2.23. The van der Waals surface area contributed by atoms with E-state index in [9.17, 15) is 4.79 Å². The molecular formula is C13H18ClNO2. The molecule has 1 rings (SSSR count). The van der Waals surface area contributed by atoms with Crippen LogP contribution in [0.1, 0.15) is 30.6 Å². The van der Waals surface area contributed by atoms with E-state index in [1.165, 1.54) is 7.11 Å². The van der Waals surface area contributed by atoms with Crippen LogP contribution in [0.5, 0.6) is 5.75 Å². The molecule has 2 N–H and O–H groups in total. The fourth-order valence-corrected chi connectivity index (χ4v) is 1.74. The van der Waals surface area contributed by atoms with Gasteiger partial charge in [0, 0.05) is 5.02 Å². The van der Waals surface area contributed by atoms with Gasteiger partial charge in [0.15, 0.2) is 5.78 Å². The summed E-state index contributed by atoms with van der Waals surface area (Å²) >= 11 is 5.89. The summed E-state index contributed by atoms with van der Waals surface area (Å²) in [6.45, 7) is 3.96. The fraction of sp³-hybridized carbons (Fsp3) is 0.462. The number of nitrogens with two attached hydrogens (primary N) is 1. The van der Waals surface area contributed by atoms with Crippen LogP contribution in [0.3, 0.4) is 0 Å². The summed E-state index contributed by atoms with van der Waals surface area (Å²) in [5.74, 6) is 0.517. The summed E-state index contributed by atoms with van der Waals surface area (Å²) in [6.07, 6.45) is 0.857. The number of ether oxygens (including phenoxy) is 1. The van der Waals surface area contributed by atoms with Crippen LogP contribution < -0.4 is 10.5 Å². The van der Waals surface area contributed by atoms with Gasteiger partial charge in [0.05, 0.1) is 18.7 Å². The van der Waals surface area contributed by atoms with Gasteiger partial charge in [0.2, 0.25) is 0 Å². The Hall–Kier alpha value is -1.06. The highest BCUT2D eigenvalue weighted by atomic mass is 35.5. The molecule has 0 heterocycles. The van der Waals surface area contributed by atoms with Crippen molar-refractivity contribution in [2.75, 3.05) is 7.11 Å². The van der Waals surface area contributed by atoms with E-state index in [1.54, 1.807) is 18.2 Å². The van der Waals surface area contributed by atoms with Crippen molar-refractivity contribution in [3.05, 3.63) is 28.8 Å². The normalized spacial score (nSPS) is 14.2. The Labute approximate surface area is 107 Å². The number of carbonyl (C=O) groups is 1. The van der Waals surface area contributed by atoms with Gasteiger partial charge < -0.3 is 10.5 Å². The Morgan fingerprint density at radius 1 is 1.53 bits per heavy atom. The highest BCUT2D eigenvalue weighted by molar-refractivity contribution is 6.31. The fourth-order valence-electron chi connectivity index (χ4n) is 1.56. The van der Waals surface area contributed by atoms with Gasteiger partial charge in [-0.1, -0.05) is 31.9 Å². The SMILES string of the molecule is CCC(C)C(N)C(=O)c1cc(Cl)ccc1OC. The molecule has 0 spiro atoms. The van der Waals surface area contributed by atoms with Crippen LogP contribution in [-0.4, -0.2) is 18.9 Å². The lowest BCUT2D eigenvalue weighted by Crippen LogP contribution is -2.36. The van der Waals surface area contributed by atoms with Crippen LogP contribution in [0.2, 0.25) is 5.02 Å². The van der Waals surface area contributed by atoms with Crippen LogP contribution in [0.4, 0.5) is 0 Å². The van der Waals surface area contributed by atoms with Gasteiger partial charge >= 0.3 is 0 Å². The lowest BCUT2D eigenvalue weighted by atomic mass is 9.92. The first kappa shape index (κ1) is 14.0. The lowest BCUT2D eigenvalue weighted by molar-refractivity contribution is 0.0932. The van der Waals surface area contributed by atoms with Gasteiger partial charge in [-0.25, -0.2) is 0 Å². The number of Topliss-reactive ketones (excluding diaryl/α,β-unsaturated/α-hetero) is 1. The molecule has 3 nitrogen and oxygen atoms in total. The van der Waals surface area contributed by atoms with Crippen LogP contribution >= 0.6 is 11.6 Å². The molecule has 0 radical (unpaired) electrons. The highest BCUT2D eigenvalue weighted by Crippen LogP contribution is 2.25. The van der Waals surface area contributed by atoms with Crippen molar-refractivity contribution in [1.29, 1.82) is 0 Å². The standard InChI is InChI=1S/C13H18ClNO2/c1-4-8(2)12(15)13(16)10-7-9(14)5-6-11(10)17-3/h5-8,12H,4,15H2,1-3H3. The van der Waals surface area contributed by atoms with Crippen molar-refractivity contribution >= 4 is 17.4 Å². The quantitative estimate of drug-likeness (QED) is 0.823. The maximum absolute atomic E-state index is 12.2. The van der Waals surface area contributed by atoms with E-state index in [1.807, 2.05) is 13.8 Å². The number of rotatable bonds is 5. The molecule has 0 saturated heterocycles. The second-order valence-corrected chi connectivity index (χ2v) is 4.56. The largest absolute Gasteiger partial charge is 0.496 e. The Morgan fingerprint density at radius 3 is 2.71 bits per heavy atom. The third-order valence-electron chi connectivity index (χ3n) is 2.99. The summed E-state index contributed by atoms with van der Waals surface area (Å²) < 4.78 is 5.15. The first-order valence-electron chi connectivity index (χ1n) is 5.64. The molecule has 1 aromatic rings. The van der Waals surface area contributed by atoms with E-state index in [-0.39, 0.29) is 11.7 Å². The van der Waals surface area contributed by atoms with E-state index in [0.717, 1.165) is 6.42 Å². The number of hydrogen-bond donors (Lipinski definition) is 1. The van der Waals surface area contributed by atoms with E-state index < -0.39 is 6.04 Å². The summed E-state index contributed by atoms with van der Waals surface area (Å²) in [6, 6.07) is 4.45. The second kappa shape index (κ2) is 6.03. The minimum absolute atomic E-state index is 0.126. The zero-order valence-electron chi connectivity index (χ0n) is 10.4. The molecule has 0 aromatic heterocycles. The van der Waals surface area contributed by atoms with Gasteiger partial charge in [-0.2, -0.15) is 0 Å². The number of halogens is 1. The summed E-state index contributed by atoms with van der Waals surface area (Å²) in [7, 11) is 1.52. The molecule has 0 saturated carbocycles. The average Bonchev–Trinajstić information content (AvgIpc) is 2.35. The van der Waals surface area contributed by atoms with Gasteiger partial charge in [-0.15, -0.1) is 0 Å². The number of methoxy groups -OCH3 is 1. The average molecular weight is 256 g/mol. The maximum atomic E-state index is 12.2. The molecule has 4 heteroatoms. The van der Waals surface area contributed by atoms with E-state index in [0.29, 0.717) is 16.3 Å². The minimum atomic E-state index is -0.521. The van der Waals surface area contributed by atoms with Gasteiger partial charge in [0.1, 0.15) is 5.75 Å². The molecule has 0 amide bonds. The van der Waals surface area contributed by atoms with Crippen molar-refractivity contribution in [2.45, 2.75) is 26.3 Å². The maximum Gasteiger partial charge on any atom is 0.183 e. The molecular weight excluding hydrogens is 238 g/mol. The Morgan fingerprint density at radius 2 is 2.18 bits per heavy atom. The number of hydrogen-bond acceptors (Lipinski definition) is 3. The molecule has 0 fully saturated rings. The summed E-state index contributed by atoms with van der Waals surface area (Å²) in [5, 5.41) is 0.505. The molecule has 0 aliphatic heterocycles. The predicted molar refractivity (Wildman–Crippen MR) is 69.8 cm³/mol. The first-order valence-corrected chi connectivity index (χ1v) is 6.02. The predicted octanol–water partition coefficient (Wildman–Crippen LogP) is 2.90. The summed E-state index contributed by atoms with van der Waals surface area (Å²) in [4.78, 5) is 12.2. The van der Waals surface area contributed by atoms with E-state index in [4.69, 9.17) is 22.1 Å². The van der Waals surface area contributed by atoms with Crippen LogP contribution in [0.25, 0.3) is 0 Å². The topological polar surface area (TPSA) is 52.3 Å². The van der Waals surface area contributed by atoms with Gasteiger partial charge in [-0.05, 0) is 24.1 Å². The second-order valence-electron chi connectivity index (χ2n) is 4.12. The zero-order chi connectivity index (χ0) is 13.0. The molecule has 0 aliphatic carbocycles. The van der Waals surface area contributed by atoms with Crippen LogP contribution in [-0.2, 0) is 0 Å². The lowest BCUT2D eigenvalue weighted by Gasteiger charge is -2.18. The molecule has 0 aliphatic rings.